The third-order valence-electron chi connectivity index (χ3n) is 3.24. The number of likely N-dealkylation sites (N-methyl/N-ethyl adjacent to an activating group) is 1. The van der Waals surface area contributed by atoms with E-state index >= 15 is 0 Å². The zero-order valence-corrected chi connectivity index (χ0v) is 15.3. The normalized spacial score (nSPS) is 16.0. The number of benzene rings is 1. The van der Waals surface area contributed by atoms with Crippen LogP contribution >= 0.6 is 35.6 Å². The summed E-state index contributed by atoms with van der Waals surface area (Å²) in [7, 11) is 0. The van der Waals surface area contributed by atoms with Crippen LogP contribution < -0.4 is 4.74 Å². The van der Waals surface area contributed by atoms with Crippen LogP contribution in [-0.4, -0.2) is 31.6 Å². The molecule has 0 bridgehead atoms. The molecule has 128 valence electrons. The van der Waals surface area contributed by atoms with E-state index < -0.39 is 5.82 Å². The largest absolute Gasteiger partial charge is 0.436 e. The standard InChI is InChI=1S/C16H11ClFN3O2S2/c1-2-21-14(22)12(25-16(21)24)7-9-4-3-5-10(6-9)23-13-11(18)8-19-15(17)20-13/h3-8H,2H2,1H3/b12-7-. The molecular weight excluding hydrogens is 385 g/mol. The molecule has 1 aromatic carbocycles. The van der Waals surface area contributed by atoms with Gasteiger partial charge in [0.2, 0.25) is 11.1 Å². The average Bonchev–Trinajstić information content (AvgIpc) is 2.84. The van der Waals surface area contributed by atoms with Gasteiger partial charge in [-0.1, -0.05) is 36.1 Å². The lowest BCUT2D eigenvalue weighted by atomic mass is 10.2. The number of thiocarbonyl (C=S) groups is 1. The van der Waals surface area contributed by atoms with Gasteiger partial charge in [0.05, 0.1) is 11.1 Å². The SMILES string of the molecule is CCN1C(=O)/C(=C/c2cccc(Oc3nc(Cl)ncc3F)c2)SC1=S. The summed E-state index contributed by atoms with van der Waals surface area (Å²) >= 11 is 12.1. The summed E-state index contributed by atoms with van der Waals surface area (Å²) < 4.78 is 19.6. The molecule has 1 aliphatic heterocycles. The molecule has 25 heavy (non-hydrogen) atoms. The van der Waals surface area contributed by atoms with Gasteiger partial charge in [-0.2, -0.15) is 9.37 Å². The Kier molecular flexibility index (Phi) is 5.31. The predicted molar refractivity (Wildman–Crippen MR) is 99.1 cm³/mol. The molecule has 3 rings (SSSR count). The van der Waals surface area contributed by atoms with Crippen LogP contribution in [0.25, 0.3) is 6.08 Å². The fraction of sp³-hybridized carbons (Fsp3) is 0.125. The fourth-order valence-electron chi connectivity index (χ4n) is 2.11. The lowest BCUT2D eigenvalue weighted by Gasteiger charge is -2.09. The summed E-state index contributed by atoms with van der Waals surface area (Å²) in [4.78, 5) is 21.5. The molecular formula is C16H11ClFN3O2S2. The van der Waals surface area contributed by atoms with Gasteiger partial charge in [-0.15, -0.1) is 0 Å². The van der Waals surface area contributed by atoms with Crippen molar-refractivity contribution in [2.24, 2.45) is 0 Å². The van der Waals surface area contributed by atoms with Crippen molar-refractivity contribution in [3.63, 3.8) is 0 Å². The summed E-state index contributed by atoms with van der Waals surface area (Å²) in [6.07, 6.45) is 2.65. The van der Waals surface area contributed by atoms with Crippen LogP contribution in [0.3, 0.4) is 0 Å². The Morgan fingerprint density at radius 3 is 3.00 bits per heavy atom. The average molecular weight is 396 g/mol. The smallest absolute Gasteiger partial charge is 0.266 e. The van der Waals surface area contributed by atoms with Crippen LogP contribution in [0.1, 0.15) is 12.5 Å². The molecule has 1 saturated heterocycles. The van der Waals surface area contributed by atoms with E-state index in [2.05, 4.69) is 9.97 Å². The molecule has 0 radical (unpaired) electrons. The monoisotopic (exact) mass is 395 g/mol. The zero-order valence-electron chi connectivity index (χ0n) is 12.9. The second kappa shape index (κ2) is 7.47. The molecule has 2 heterocycles. The third kappa shape index (κ3) is 3.97. The number of hydrogen-bond acceptors (Lipinski definition) is 6. The van der Waals surface area contributed by atoms with Gasteiger partial charge in [-0.3, -0.25) is 9.69 Å². The van der Waals surface area contributed by atoms with Gasteiger partial charge >= 0.3 is 0 Å². The lowest BCUT2D eigenvalue weighted by Crippen LogP contribution is -2.27. The van der Waals surface area contributed by atoms with Crippen molar-refractivity contribution in [1.82, 2.24) is 14.9 Å². The van der Waals surface area contributed by atoms with E-state index in [1.165, 1.54) is 16.7 Å². The van der Waals surface area contributed by atoms with E-state index in [9.17, 15) is 9.18 Å². The Bertz CT molecular complexity index is 891. The van der Waals surface area contributed by atoms with Gasteiger partial charge in [0, 0.05) is 6.54 Å². The Labute approximate surface area is 157 Å². The first-order chi connectivity index (χ1) is 12.0. The second-order valence-corrected chi connectivity index (χ2v) is 6.91. The van der Waals surface area contributed by atoms with E-state index in [0.29, 0.717) is 21.5 Å². The first-order valence-corrected chi connectivity index (χ1v) is 8.79. The summed E-state index contributed by atoms with van der Waals surface area (Å²) in [6.45, 7) is 2.39. The second-order valence-electron chi connectivity index (χ2n) is 4.89. The molecule has 0 aliphatic carbocycles. The molecule has 1 aromatic heterocycles. The van der Waals surface area contributed by atoms with Gasteiger partial charge < -0.3 is 4.74 Å². The van der Waals surface area contributed by atoms with Crippen LogP contribution in [-0.2, 0) is 4.79 Å². The third-order valence-corrected chi connectivity index (χ3v) is 4.80. The maximum absolute atomic E-state index is 13.7. The number of carbonyl (C=O) groups excluding carboxylic acids is 1. The first-order valence-electron chi connectivity index (χ1n) is 7.19. The molecule has 5 nitrogen and oxygen atoms in total. The Hall–Kier alpha value is -2.03. The van der Waals surface area contributed by atoms with Crippen molar-refractivity contribution in [2.45, 2.75) is 6.92 Å². The Balaban J connectivity index is 1.85. The van der Waals surface area contributed by atoms with Gasteiger partial charge in [0.15, 0.2) is 0 Å². The van der Waals surface area contributed by atoms with Crippen LogP contribution in [0.5, 0.6) is 11.6 Å². The number of nitrogens with zero attached hydrogens (tertiary/aromatic N) is 3. The van der Waals surface area contributed by atoms with Gasteiger partial charge in [-0.25, -0.2) is 4.98 Å². The van der Waals surface area contributed by atoms with Gasteiger partial charge in [0.25, 0.3) is 11.8 Å². The van der Waals surface area contributed by atoms with Crippen LogP contribution in [0.4, 0.5) is 4.39 Å². The highest BCUT2D eigenvalue weighted by molar-refractivity contribution is 8.26. The van der Waals surface area contributed by atoms with Crippen LogP contribution in [0.2, 0.25) is 5.28 Å². The van der Waals surface area contributed by atoms with E-state index in [1.807, 2.05) is 6.92 Å². The molecule has 9 heteroatoms. The molecule has 1 fully saturated rings. The van der Waals surface area contributed by atoms with Gasteiger partial charge in [-0.05, 0) is 42.3 Å². The number of aromatic nitrogens is 2. The molecule has 0 saturated carbocycles. The number of hydrogen-bond donors (Lipinski definition) is 0. The van der Waals surface area contributed by atoms with E-state index in [0.717, 1.165) is 11.8 Å². The summed E-state index contributed by atoms with van der Waals surface area (Å²) in [6, 6.07) is 6.83. The van der Waals surface area contributed by atoms with Crippen molar-refractivity contribution < 1.29 is 13.9 Å². The maximum atomic E-state index is 13.7. The minimum atomic E-state index is -0.723. The van der Waals surface area contributed by atoms with Crippen molar-refractivity contribution >= 4 is 51.9 Å². The summed E-state index contributed by atoms with van der Waals surface area (Å²) in [5, 5.41) is -0.115. The summed E-state index contributed by atoms with van der Waals surface area (Å²) in [5.74, 6) is -0.765. The highest BCUT2D eigenvalue weighted by atomic mass is 35.5. The van der Waals surface area contributed by atoms with Crippen LogP contribution in [0, 0.1) is 5.82 Å². The maximum Gasteiger partial charge on any atom is 0.266 e. The number of halogens is 2. The van der Waals surface area contributed by atoms with Crippen LogP contribution in [0.15, 0.2) is 35.4 Å². The molecule has 1 amide bonds. The minimum Gasteiger partial charge on any atom is -0.436 e. The molecule has 0 spiro atoms. The minimum absolute atomic E-state index is 0.115. The topological polar surface area (TPSA) is 55.3 Å². The quantitative estimate of drug-likeness (QED) is 0.437. The number of carbonyl (C=O) groups is 1. The van der Waals surface area contributed by atoms with E-state index in [1.54, 1.807) is 30.3 Å². The van der Waals surface area contributed by atoms with Crippen molar-refractivity contribution in [3.8, 4) is 11.6 Å². The number of thioether (sulfide) groups is 1. The number of ether oxygens (including phenoxy) is 1. The first kappa shape index (κ1) is 17.8. The Morgan fingerprint density at radius 1 is 1.48 bits per heavy atom. The zero-order chi connectivity index (χ0) is 18.0. The van der Waals surface area contributed by atoms with Crippen molar-refractivity contribution in [3.05, 3.63) is 52.0 Å². The van der Waals surface area contributed by atoms with Crippen molar-refractivity contribution in [1.29, 1.82) is 0 Å². The molecule has 0 atom stereocenters. The molecule has 0 unspecified atom stereocenters. The van der Waals surface area contributed by atoms with E-state index in [4.69, 9.17) is 28.6 Å². The Morgan fingerprint density at radius 2 is 2.28 bits per heavy atom. The highest BCUT2D eigenvalue weighted by Gasteiger charge is 2.30. The predicted octanol–water partition coefficient (Wildman–Crippen LogP) is 4.28. The van der Waals surface area contributed by atoms with Crippen molar-refractivity contribution in [2.75, 3.05) is 6.54 Å². The highest BCUT2D eigenvalue weighted by Crippen LogP contribution is 2.33. The fourth-order valence-corrected chi connectivity index (χ4v) is 3.62. The lowest BCUT2D eigenvalue weighted by molar-refractivity contribution is -0.121. The number of rotatable bonds is 4. The van der Waals surface area contributed by atoms with Gasteiger partial charge in [0.1, 0.15) is 10.1 Å². The summed E-state index contributed by atoms with van der Waals surface area (Å²) in [5.41, 5.74) is 0.717. The molecule has 1 aliphatic rings. The molecule has 0 N–H and O–H groups in total. The molecule has 2 aromatic rings. The van der Waals surface area contributed by atoms with E-state index in [-0.39, 0.29) is 17.1 Å². The number of amides is 1.